The molecule has 2 heterocycles. The maximum absolute atomic E-state index is 11.3. The van der Waals surface area contributed by atoms with E-state index >= 15 is 0 Å². The summed E-state index contributed by atoms with van der Waals surface area (Å²) in [6.07, 6.45) is 15.1. The van der Waals surface area contributed by atoms with E-state index in [-0.39, 0.29) is 0 Å². The summed E-state index contributed by atoms with van der Waals surface area (Å²) in [4.78, 5) is 16.1. The van der Waals surface area contributed by atoms with Crippen LogP contribution >= 0.6 is 0 Å². The van der Waals surface area contributed by atoms with Crippen LogP contribution in [0.5, 0.6) is 0 Å². The van der Waals surface area contributed by atoms with Gasteiger partial charge in [-0.2, -0.15) is 0 Å². The van der Waals surface area contributed by atoms with Gasteiger partial charge in [-0.1, -0.05) is 55.7 Å². The van der Waals surface area contributed by atoms with E-state index in [1.54, 1.807) is 11.6 Å². The van der Waals surface area contributed by atoms with Crippen LogP contribution in [0.2, 0.25) is 0 Å². The smallest absolute Gasteiger partial charge is 0.267 e. The van der Waals surface area contributed by atoms with Crippen molar-refractivity contribution in [2.45, 2.75) is 38.1 Å². The number of pyridine rings is 1. The number of carbonyl (C=O) groups is 1. The van der Waals surface area contributed by atoms with Crippen LogP contribution in [0.25, 0.3) is 23.9 Å². The first-order chi connectivity index (χ1) is 14.7. The fraction of sp³-hybridized carbons (Fsp3) is 0.250. The third-order valence-corrected chi connectivity index (χ3v) is 5.38. The molecule has 3 N–H and O–H groups in total. The highest BCUT2D eigenvalue weighted by Crippen LogP contribution is 2.27. The highest BCUT2D eigenvalue weighted by molar-refractivity contribution is 5.90. The van der Waals surface area contributed by atoms with Crippen LogP contribution in [0.1, 0.15) is 48.9 Å². The molecule has 30 heavy (non-hydrogen) atoms. The van der Waals surface area contributed by atoms with Gasteiger partial charge >= 0.3 is 0 Å². The second-order valence-corrected chi connectivity index (χ2v) is 7.57. The maximum atomic E-state index is 11.3. The number of carbonyl (C=O) groups excluding carboxylic acids is 1. The zero-order valence-corrected chi connectivity index (χ0v) is 16.8. The minimum atomic E-state index is -0.562. The number of nitrogens with zero attached hydrogens (tertiary/aromatic N) is 2. The zero-order valence-electron chi connectivity index (χ0n) is 16.8. The average Bonchev–Trinajstić information content (AvgIpc) is 3.14. The van der Waals surface area contributed by atoms with Crippen molar-refractivity contribution in [2.75, 3.05) is 5.32 Å². The molecule has 1 amide bonds. The van der Waals surface area contributed by atoms with Gasteiger partial charge in [0.2, 0.25) is 0 Å². The van der Waals surface area contributed by atoms with E-state index in [0.29, 0.717) is 6.04 Å². The predicted molar refractivity (Wildman–Crippen MR) is 120 cm³/mol. The van der Waals surface area contributed by atoms with Crippen molar-refractivity contribution in [3.63, 3.8) is 0 Å². The molecule has 1 aliphatic rings. The van der Waals surface area contributed by atoms with Crippen molar-refractivity contribution >= 4 is 35.6 Å². The summed E-state index contributed by atoms with van der Waals surface area (Å²) >= 11 is 0. The summed E-state index contributed by atoms with van der Waals surface area (Å²) < 4.78 is 2.04. The molecular weight excluding hydrogens is 376 g/mol. The van der Waals surface area contributed by atoms with Gasteiger partial charge in [0.25, 0.3) is 5.91 Å². The minimum Gasteiger partial charge on any atom is -0.367 e. The number of aromatic nitrogens is 2. The standard InChI is InChI=1S/C24H26N4O2/c29-23(27-30)16-13-19-12-15-22-26-21(14-11-18-7-3-1-4-8-18)24(28(22)17-19)25-20-9-5-2-6-10-20/h1,3-4,7-8,11-17,20,25,30H,2,5-6,9-10H2,(H,27,29). The zero-order chi connectivity index (χ0) is 20.8. The summed E-state index contributed by atoms with van der Waals surface area (Å²) in [7, 11) is 0. The van der Waals surface area contributed by atoms with E-state index in [4.69, 9.17) is 10.2 Å². The molecule has 0 bridgehead atoms. The first-order valence-corrected chi connectivity index (χ1v) is 10.4. The Morgan fingerprint density at radius 3 is 2.57 bits per heavy atom. The van der Waals surface area contributed by atoms with Crippen molar-refractivity contribution < 1.29 is 10.0 Å². The second-order valence-electron chi connectivity index (χ2n) is 7.57. The summed E-state index contributed by atoms with van der Waals surface area (Å²) in [6.45, 7) is 0. The van der Waals surface area contributed by atoms with Gasteiger partial charge in [0.15, 0.2) is 0 Å². The summed E-state index contributed by atoms with van der Waals surface area (Å²) in [5, 5.41) is 12.4. The summed E-state index contributed by atoms with van der Waals surface area (Å²) in [5.74, 6) is 0.402. The topological polar surface area (TPSA) is 78.7 Å². The Kier molecular flexibility index (Phi) is 6.25. The highest BCUT2D eigenvalue weighted by Gasteiger charge is 2.17. The number of hydrogen-bond acceptors (Lipinski definition) is 4. The lowest BCUT2D eigenvalue weighted by Crippen LogP contribution is -2.23. The number of amides is 1. The van der Waals surface area contributed by atoms with Gasteiger partial charge in [-0.3, -0.25) is 14.4 Å². The summed E-state index contributed by atoms with van der Waals surface area (Å²) in [5.41, 5.74) is 5.30. The van der Waals surface area contributed by atoms with Gasteiger partial charge in [-0.05, 0) is 48.3 Å². The van der Waals surface area contributed by atoms with Gasteiger partial charge in [0.1, 0.15) is 17.2 Å². The quantitative estimate of drug-likeness (QED) is 0.315. The maximum Gasteiger partial charge on any atom is 0.267 e. The SMILES string of the molecule is O=C(C=Cc1ccc2nc(C=Cc3ccccc3)c(NC3CCCCC3)n2c1)NO. The molecule has 1 saturated carbocycles. The Bertz CT molecular complexity index is 1060. The number of imidazole rings is 1. The van der Waals surface area contributed by atoms with E-state index in [9.17, 15) is 4.79 Å². The van der Waals surface area contributed by atoms with E-state index in [0.717, 1.165) is 41.1 Å². The van der Waals surface area contributed by atoms with Crippen molar-refractivity contribution in [1.29, 1.82) is 0 Å². The summed E-state index contributed by atoms with van der Waals surface area (Å²) in [6, 6.07) is 14.4. The number of anilines is 1. The molecule has 1 aromatic carbocycles. The molecule has 1 aliphatic carbocycles. The average molecular weight is 402 g/mol. The number of nitrogens with one attached hydrogen (secondary N) is 2. The van der Waals surface area contributed by atoms with E-state index in [1.165, 1.54) is 25.3 Å². The van der Waals surface area contributed by atoms with Crippen LogP contribution in [0.15, 0.2) is 54.7 Å². The number of hydrogen-bond donors (Lipinski definition) is 3. The van der Waals surface area contributed by atoms with Crippen LogP contribution < -0.4 is 10.8 Å². The number of benzene rings is 1. The molecule has 0 spiro atoms. The van der Waals surface area contributed by atoms with Gasteiger partial charge in [-0.25, -0.2) is 10.5 Å². The molecule has 154 valence electrons. The molecular formula is C24H26N4O2. The van der Waals surface area contributed by atoms with Crippen molar-refractivity contribution in [1.82, 2.24) is 14.9 Å². The molecule has 0 radical (unpaired) electrons. The lowest BCUT2D eigenvalue weighted by atomic mass is 9.95. The van der Waals surface area contributed by atoms with Crippen LogP contribution in [-0.4, -0.2) is 26.5 Å². The molecule has 6 nitrogen and oxygen atoms in total. The molecule has 3 aromatic rings. The monoisotopic (exact) mass is 402 g/mol. The first kappa shape index (κ1) is 19.9. The largest absolute Gasteiger partial charge is 0.367 e. The van der Waals surface area contributed by atoms with Crippen molar-refractivity contribution in [3.05, 3.63) is 71.6 Å². The highest BCUT2D eigenvalue weighted by atomic mass is 16.5. The molecule has 0 atom stereocenters. The molecule has 0 aliphatic heterocycles. The second kappa shape index (κ2) is 9.41. The van der Waals surface area contributed by atoms with E-state index in [2.05, 4.69) is 23.5 Å². The van der Waals surface area contributed by atoms with Crippen LogP contribution in [-0.2, 0) is 4.79 Å². The molecule has 0 unspecified atom stereocenters. The van der Waals surface area contributed by atoms with E-state index < -0.39 is 5.91 Å². The fourth-order valence-electron chi connectivity index (χ4n) is 3.83. The van der Waals surface area contributed by atoms with Crippen molar-refractivity contribution in [2.24, 2.45) is 0 Å². The Morgan fingerprint density at radius 1 is 1.00 bits per heavy atom. The van der Waals surface area contributed by atoms with Crippen molar-refractivity contribution in [3.8, 4) is 0 Å². The minimum absolute atomic E-state index is 0.432. The third-order valence-electron chi connectivity index (χ3n) is 5.38. The first-order valence-electron chi connectivity index (χ1n) is 10.4. The van der Waals surface area contributed by atoms with Crippen LogP contribution in [0, 0.1) is 0 Å². The third kappa shape index (κ3) is 4.78. The number of rotatable bonds is 6. The Labute approximate surface area is 175 Å². The lowest BCUT2D eigenvalue weighted by Gasteiger charge is -2.24. The molecule has 6 heteroatoms. The van der Waals surface area contributed by atoms with E-state index in [1.807, 2.05) is 47.0 Å². The fourth-order valence-corrected chi connectivity index (χ4v) is 3.83. The Morgan fingerprint density at radius 2 is 1.80 bits per heavy atom. The van der Waals surface area contributed by atoms with Crippen LogP contribution in [0.3, 0.4) is 0 Å². The Balaban J connectivity index is 1.71. The van der Waals surface area contributed by atoms with Gasteiger partial charge in [0, 0.05) is 18.3 Å². The van der Waals surface area contributed by atoms with Crippen LogP contribution in [0.4, 0.5) is 5.82 Å². The van der Waals surface area contributed by atoms with Gasteiger partial charge < -0.3 is 5.32 Å². The predicted octanol–water partition coefficient (Wildman–Crippen LogP) is 4.77. The van der Waals surface area contributed by atoms with Gasteiger partial charge in [0.05, 0.1) is 0 Å². The lowest BCUT2D eigenvalue weighted by molar-refractivity contribution is -0.124. The molecule has 0 saturated heterocycles. The van der Waals surface area contributed by atoms with Gasteiger partial charge in [-0.15, -0.1) is 0 Å². The normalized spacial score (nSPS) is 15.2. The number of hydroxylamine groups is 1. The molecule has 4 rings (SSSR count). The molecule has 1 fully saturated rings. The Hall–Kier alpha value is -3.38. The number of fused-ring (bicyclic) bond motifs is 1. The molecule has 2 aromatic heterocycles.